The van der Waals surface area contributed by atoms with E-state index in [1.807, 2.05) is 0 Å². The highest BCUT2D eigenvalue weighted by atomic mass is 16.5. The van der Waals surface area contributed by atoms with Gasteiger partial charge in [-0.3, -0.25) is 4.79 Å². The molecule has 0 aromatic carbocycles. The number of hydrogen-bond donors (Lipinski definition) is 2. The monoisotopic (exact) mass is 268 g/mol. The maximum atomic E-state index is 11.8. The molecule has 0 atom stereocenters. The Labute approximate surface area is 110 Å². The van der Waals surface area contributed by atoms with Crippen molar-refractivity contribution < 1.29 is 19.4 Å². The first-order valence-electron chi connectivity index (χ1n) is 5.63. The van der Waals surface area contributed by atoms with E-state index in [-0.39, 0.29) is 26.2 Å². The van der Waals surface area contributed by atoms with Crippen LogP contribution >= 0.6 is 0 Å². The standard InChI is InChI=1S/C11H16N4O4/c1-19-6-5-15(8-10(16)17)11(18)12-7-9-3-2-4-13-14-9/h2-4H,5-8H2,1H3,(H,12,18)(H,16,17). The van der Waals surface area contributed by atoms with Gasteiger partial charge < -0.3 is 20.1 Å². The van der Waals surface area contributed by atoms with Crippen LogP contribution in [0.3, 0.4) is 0 Å². The number of carboxylic acid groups (broad SMARTS) is 1. The predicted molar refractivity (Wildman–Crippen MR) is 65.4 cm³/mol. The maximum absolute atomic E-state index is 11.8. The Bertz CT molecular complexity index is 412. The first-order valence-corrected chi connectivity index (χ1v) is 5.63. The predicted octanol–water partition coefficient (Wildman–Crippen LogP) is -0.281. The summed E-state index contributed by atoms with van der Waals surface area (Å²) >= 11 is 0. The molecule has 1 heterocycles. The van der Waals surface area contributed by atoms with Crippen LogP contribution in [-0.2, 0) is 16.1 Å². The first-order chi connectivity index (χ1) is 9.13. The number of nitrogens with one attached hydrogen (secondary N) is 1. The number of carbonyl (C=O) groups excluding carboxylic acids is 1. The number of ether oxygens (including phenoxy) is 1. The molecular formula is C11H16N4O4. The number of carboxylic acids is 1. The average molecular weight is 268 g/mol. The van der Waals surface area contributed by atoms with E-state index in [2.05, 4.69) is 15.5 Å². The number of nitrogens with zero attached hydrogens (tertiary/aromatic N) is 3. The van der Waals surface area contributed by atoms with Crippen LogP contribution in [0.4, 0.5) is 4.79 Å². The molecule has 104 valence electrons. The second kappa shape index (κ2) is 7.98. The Morgan fingerprint density at radius 3 is 2.89 bits per heavy atom. The van der Waals surface area contributed by atoms with Gasteiger partial charge in [0.15, 0.2) is 0 Å². The Morgan fingerprint density at radius 2 is 2.32 bits per heavy atom. The van der Waals surface area contributed by atoms with E-state index in [9.17, 15) is 9.59 Å². The van der Waals surface area contributed by atoms with Gasteiger partial charge in [-0.1, -0.05) is 0 Å². The molecule has 0 bridgehead atoms. The Morgan fingerprint density at radius 1 is 1.53 bits per heavy atom. The summed E-state index contributed by atoms with van der Waals surface area (Å²) in [6.07, 6.45) is 1.53. The average Bonchev–Trinajstić information content (AvgIpc) is 2.41. The quantitative estimate of drug-likeness (QED) is 0.704. The lowest BCUT2D eigenvalue weighted by Gasteiger charge is -2.20. The number of hydrogen-bond acceptors (Lipinski definition) is 5. The number of aromatic nitrogens is 2. The van der Waals surface area contributed by atoms with Gasteiger partial charge in [0.25, 0.3) is 0 Å². The lowest BCUT2D eigenvalue weighted by molar-refractivity contribution is -0.137. The lowest BCUT2D eigenvalue weighted by Crippen LogP contribution is -2.44. The van der Waals surface area contributed by atoms with E-state index < -0.39 is 12.0 Å². The molecule has 0 radical (unpaired) electrons. The van der Waals surface area contributed by atoms with Crippen LogP contribution in [0.1, 0.15) is 5.69 Å². The molecule has 0 aliphatic carbocycles. The second-order valence-electron chi connectivity index (χ2n) is 3.68. The summed E-state index contributed by atoms with van der Waals surface area (Å²) in [6.45, 7) is 0.284. The zero-order valence-electron chi connectivity index (χ0n) is 10.6. The minimum atomic E-state index is -1.08. The Balaban J connectivity index is 2.48. The van der Waals surface area contributed by atoms with Crippen LogP contribution in [0.2, 0.25) is 0 Å². The van der Waals surface area contributed by atoms with Crippen molar-refractivity contribution in [1.82, 2.24) is 20.4 Å². The van der Waals surface area contributed by atoms with Crippen molar-refractivity contribution in [2.45, 2.75) is 6.54 Å². The smallest absolute Gasteiger partial charge is 0.323 e. The van der Waals surface area contributed by atoms with Gasteiger partial charge in [0.1, 0.15) is 6.54 Å². The molecule has 2 N–H and O–H groups in total. The minimum Gasteiger partial charge on any atom is -0.480 e. The molecule has 19 heavy (non-hydrogen) atoms. The summed E-state index contributed by atoms with van der Waals surface area (Å²) in [4.78, 5) is 23.6. The molecule has 0 unspecified atom stereocenters. The third-order valence-electron chi connectivity index (χ3n) is 2.23. The summed E-state index contributed by atoms with van der Waals surface area (Å²) in [6, 6.07) is 2.93. The van der Waals surface area contributed by atoms with Crippen molar-refractivity contribution in [2.24, 2.45) is 0 Å². The fourth-order valence-corrected chi connectivity index (χ4v) is 1.32. The molecule has 8 heteroatoms. The molecule has 0 aliphatic rings. The highest BCUT2D eigenvalue weighted by Gasteiger charge is 2.16. The summed E-state index contributed by atoms with van der Waals surface area (Å²) in [7, 11) is 1.48. The third kappa shape index (κ3) is 5.77. The number of urea groups is 1. The number of rotatable bonds is 7. The van der Waals surface area contributed by atoms with Crippen molar-refractivity contribution in [3.8, 4) is 0 Å². The van der Waals surface area contributed by atoms with Crippen molar-refractivity contribution in [3.05, 3.63) is 24.0 Å². The van der Waals surface area contributed by atoms with Gasteiger partial charge in [-0.05, 0) is 12.1 Å². The number of aliphatic carboxylic acids is 1. The van der Waals surface area contributed by atoms with Gasteiger partial charge in [0, 0.05) is 19.9 Å². The molecule has 0 spiro atoms. The van der Waals surface area contributed by atoms with E-state index in [0.29, 0.717) is 5.69 Å². The molecule has 0 aliphatic heterocycles. The summed E-state index contributed by atoms with van der Waals surface area (Å²) in [5.74, 6) is -1.08. The van der Waals surface area contributed by atoms with Gasteiger partial charge in [-0.2, -0.15) is 10.2 Å². The number of methoxy groups -OCH3 is 1. The van der Waals surface area contributed by atoms with Crippen molar-refractivity contribution in [1.29, 1.82) is 0 Å². The van der Waals surface area contributed by atoms with Gasteiger partial charge in [-0.15, -0.1) is 0 Å². The molecular weight excluding hydrogens is 252 g/mol. The van der Waals surface area contributed by atoms with Gasteiger partial charge >= 0.3 is 12.0 Å². The van der Waals surface area contributed by atoms with Crippen LogP contribution in [0.5, 0.6) is 0 Å². The van der Waals surface area contributed by atoms with Crippen molar-refractivity contribution >= 4 is 12.0 Å². The van der Waals surface area contributed by atoms with Crippen LogP contribution in [0.15, 0.2) is 18.3 Å². The largest absolute Gasteiger partial charge is 0.480 e. The topological polar surface area (TPSA) is 105 Å². The molecule has 8 nitrogen and oxygen atoms in total. The zero-order chi connectivity index (χ0) is 14.1. The van der Waals surface area contributed by atoms with E-state index in [1.165, 1.54) is 13.3 Å². The number of carbonyl (C=O) groups is 2. The SMILES string of the molecule is COCCN(CC(=O)O)C(=O)NCc1cccnn1. The normalized spacial score (nSPS) is 9.95. The maximum Gasteiger partial charge on any atom is 0.323 e. The van der Waals surface area contributed by atoms with Crippen LogP contribution < -0.4 is 5.32 Å². The van der Waals surface area contributed by atoms with Gasteiger partial charge in [0.05, 0.1) is 18.8 Å². The van der Waals surface area contributed by atoms with E-state index in [4.69, 9.17) is 9.84 Å². The minimum absolute atomic E-state index is 0.190. The highest BCUT2D eigenvalue weighted by Crippen LogP contribution is 1.94. The number of amides is 2. The fourth-order valence-electron chi connectivity index (χ4n) is 1.32. The van der Waals surface area contributed by atoms with Crippen LogP contribution in [0, 0.1) is 0 Å². The van der Waals surface area contributed by atoms with Gasteiger partial charge in [-0.25, -0.2) is 4.79 Å². The van der Waals surface area contributed by atoms with Crippen molar-refractivity contribution in [2.75, 3.05) is 26.8 Å². The molecule has 1 aromatic rings. The Kier molecular flexibility index (Phi) is 6.23. The van der Waals surface area contributed by atoms with Gasteiger partial charge in [0.2, 0.25) is 0 Å². The second-order valence-corrected chi connectivity index (χ2v) is 3.68. The summed E-state index contributed by atoms with van der Waals surface area (Å²) in [5.41, 5.74) is 0.595. The van der Waals surface area contributed by atoms with Crippen molar-refractivity contribution in [3.63, 3.8) is 0 Å². The molecule has 0 saturated carbocycles. The molecule has 1 aromatic heterocycles. The molecule has 2 amide bonds. The third-order valence-corrected chi connectivity index (χ3v) is 2.23. The summed E-state index contributed by atoms with van der Waals surface area (Å²) in [5, 5.41) is 18.8. The zero-order valence-corrected chi connectivity index (χ0v) is 10.6. The lowest BCUT2D eigenvalue weighted by atomic mass is 10.4. The molecule has 0 saturated heterocycles. The van der Waals surface area contributed by atoms with Crippen LogP contribution in [-0.4, -0.2) is 59.0 Å². The fraction of sp³-hybridized carbons (Fsp3) is 0.455. The van der Waals surface area contributed by atoms with E-state index >= 15 is 0 Å². The Hall–Kier alpha value is -2.22. The summed E-state index contributed by atoms with van der Waals surface area (Å²) < 4.78 is 4.83. The van der Waals surface area contributed by atoms with Crippen LogP contribution in [0.25, 0.3) is 0 Å². The molecule has 0 fully saturated rings. The van der Waals surface area contributed by atoms with E-state index in [1.54, 1.807) is 12.1 Å². The first kappa shape index (κ1) is 14.8. The highest BCUT2D eigenvalue weighted by molar-refractivity contribution is 5.80. The van der Waals surface area contributed by atoms with E-state index in [0.717, 1.165) is 4.90 Å². The molecule has 1 rings (SSSR count).